The van der Waals surface area contributed by atoms with Gasteiger partial charge in [-0.2, -0.15) is 0 Å². The molecule has 0 radical (unpaired) electrons. The van der Waals surface area contributed by atoms with Gasteiger partial charge < -0.3 is 0 Å². The van der Waals surface area contributed by atoms with E-state index >= 15 is 0 Å². The number of carbonyl (C=O) groups excluding carboxylic acids is 2. The molecule has 24 heavy (non-hydrogen) atoms. The Morgan fingerprint density at radius 1 is 0.958 bits per heavy atom. The van der Waals surface area contributed by atoms with Crippen molar-refractivity contribution in [1.29, 1.82) is 0 Å². The van der Waals surface area contributed by atoms with Gasteiger partial charge in [0.25, 0.3) is 11.8 Å². The molecule has 2 rings (SSSR count). The Bertz CT molecular complexity index is 781. The van der Waals surface area contributed by atoms with Crippen LogP contribution in [0.2, 0.25) is 10.0 Å². The molecule has 0 aliphatic heterocycles. The first kappa shape index (κ1) is 18.5. The first-order valence-electron chi connectivity index (χ1n) is 7.30. The summed E-state index contributed by atoms with van der Waals surface area (Å²) in [7, 11) is 0. The molecule has 0 heterocycles. The average molecular weight is 365 g/mol. The van der Waals surface area contributed by atoms with Crippen LogP contribution in [-0.2, 0) is 5.41 Å². The maximum atomic E-state index is 12.4. The minimum atomic E-state index is -0.715. The molecule has 0 saturated carbocycles. The number of rotatable bonds is 2. The smallest absolute Gasteiger partial charge is 0.267 e. The monoisotopic (exact) mass is 364 g/mol. The summed E-state index contributed by atoms with van der Waals surface area (Å²) in [5, 5.41) is 1.05. The molecule has 0 bridgehead atoms. The van der Waals surface area contributed by atoms with Crippen LogP contribution >= 0.6 is 23.2 Å². The van der Waals surface area contributed by atoms with E-state index in [0.717, 1.165) is 5.56 Å². The van der Waals surface area contributed by atoms with Gasteiger partial charge in [0, 0.05) is 10.6 Å². The van der Waals surface area contributed by atoms with E-state index in [0.29, 0.717) is 15.6 Å². The Morgan fingerprint density at radius 2 is 1.54 bits per heavy atom. The molecule has 2 amide bonds. The molecule has 2 N–H and O–H groups in total. The van der Waals surface area contributed by atoms with Gasteiger partial charge in [0.15, 0.2) is 0 Å². The van der Waals surface area contributed by atoms with Crippen molar-refractivity contribution in [3.8, 4) is 0 Å². The van der Waals surface area contributed by atoms with Crippen LogP contribution in [0.4, 0.5) is 0 Å². The van der Waals surface area contributed by atoms with E-state index in [9.17, 15) is 9.59 Å². The topological polar surface area (TPSA) is 63.4 Å². The Morgan fingerprint density at radius 3 is 2.08 bits per heavy atom. The van der Waals surface area contributed by atoms with Gasteiger partial charge in [0.2, 0.25) is 0 Å². The van der Waals surface area contributed by atoms with Gasteiger partial charge in [-0.05, 0) is 41.3 Å². The van der Waals surface area contributed by atoms with Crippen molar-refractivity contribution >= 4 is 35.0 Å². The fourth-order valence-electron chi connectivity index (χ4n) is 2.14. The number of benzene rings is 2. The summed E-state index contributed by atoms with van der Waals surface area (Å²) in [6.07, 6.45) is 0. The second-order valence-corrected chi connectivity index (χ2v) is 7.28. The van der Waals surface area contributed by atoms with Gasteiger partial charge in [0.05, 0.1) is 10.6 Å². The zero-order valence-electron chi connectivity index (χ0n) is 13.6. The third-order valence-electron chi connectivity index (χ3n) is 3.59. The second-order valence-electron chi connectivity index (χ2n) is 6.43. The summed E-state index contributed by atoms with van der Waals surface area (Å²) in [4.78, 5) is 24.8. The first-order chi connectivity index (χ1) is 11.1. The number of hydrogen-bond acceptors (Lipinski definition) is 3. The van der Waals surface area contributed by atoms with Crippen LogP contribution in [0.3, 0.4) is 0 Å². The molecular weight excluding hydrogens is 347 g/mol. The predicted molar refractivity (Wildman–Crippen MR) is 96.3 cm³/mol. The number of nitrogens with two attached hydrogens (primary N) is 1. The summed E-state index contributed by atoms with van der Waals surface area (Å²) < 4.78 is 0. The Hall–Kier alpha value is -1.88. The van der Waals surface area contributed by atoms with Crippen molar-refractivity contribution in [2.75, 3.05) is 0 Å². The standard InChI is InChI=1S/C18H18Cl2N2O2/c1-18(2,3)12-6-4-11(5-7-12)16(23)22(21)17(24)14-10-13(19)8-9-15(14)20/h4-10H,21H2,1-3H3. The lowest BCUT2D eigenvalue weighted by Gasteiger charge is -2.20. The number of halogens is 2. The average Bonchev–Trinajstić information content (AvgIpc) is 2.54. The minimum absolute atomic E-state index is 0.0336. The van der Waals surface area contributed by atoms with E-state index in [1.54, 1.807) is 18.2 Å². The van der Waals surface area contributed by atoms with Crippen LogP contribution in [0.1, 0.15) is 47.1 Å². The zero-order valence-corrected chi connectivity index (χ0v) is 15.2. The van der Waals surface area contributed by atoms with Crippen LogP contribution in [0.25, 0.3) is 0 Å². The van der Waals surface area contributed by atoms with E-state index in [1.165, 1.54) is 12.1 Å². The van der Waals surface area contributed by atoms with Crippen LogP contribution < -0.4 is 5.84 Å². The molecular formula is C18H18Cl2N2O2. The molecule has 0 fully saturated rings. The lowest BCUT2D eigenvalue weighted by atomic mass is 9.86. The van der Waals surface area contributed by atoms with Gasteiger partial charge >= 0.3 is 0 Å². The maximum absolute atomic E-state index is 12.4. The summed E-state index contributed by atoms with van der Waals surface area (Å²) in [6.45, 7) is 6.22. The molecule has 2 aromatic carbocycles. The number of hydrazine groups is 1. The lowest BCUT2D eigenvalue weighted by Crippen LogP contribution is -2.42. The quantitative estimate of drug-likeness (QED) is 0.370. The van der Waals surface area contributed by atoms with Gasteiger partial charge in [-0.3, -0.25) is 9.59 Å². The van der Waals surface area contributed by atoms with Crippen LogP contribution in [0.15, 0.2) is 42.5 Å². The van der Waals surface area contributed by atoms with Gasteiger partial charge in [-0.1, -0.05) is 56.1 Å². The zero-order chi connectivity index (χ0) is 18.1. The summed E-state index contributed by atoms with van der Waals surface area (Å²) >= 11 is 11.9. The predicted octanol–water partition coefficient (Wildman–Crippen LogP) is 4.45. The Labute approximate surface area is 151 Å². The van der Waals surface area contributed by atoms with E-state index in [2.05, 4.69) is 20.8 Å². The van der Waals surface area contributed by atoms with Crippen molar-refractivity contribution in [1.82, 2.24) is 5.01 Å². The SMILES string of the molecule is CC(C)(C)c1ccc(C(=O)N(N)C(=O)c2cc(Cl)ccc2Cl)cc1. The normalized spacial score (nSPS) is 11.2. The Kier molecular flexibility index (Phi) is 5.33. The van der Waals surface area contributed by atoms with Gasteiger partial charge in [0.1, 0.15) is 0 Å². The third-order valence-corrected chi connectivity index (χ3v) is 4.16. The van der Waals surface area contributed by atoms with E-state index in [4.69, 9.17) is 29.0 Å². The van der Waals surface area contributed by atoms with Crippen molar-refractivity contribution in [2.24, 2.45) is 5.84 Å². The molecule has 0 unspecified atom stereocenters. The number of nitrogens with zero attached hydrogens (tertiary/aromatic N) is 1. The number of imide groups is 1. The van der Waals surface area contributed by atoms with Crippen LogP contribution in [-0.4, -0.2) is 16.8 Å². The summed E-state index contributed by atoms with van der Waals surface area (Å²) in [5.41, 5.74) is 1.43. The van der Waals surface area contributed by atoms with E-state index < -0.39 is 11.8 Å². The summed E-state index contributed by atoms with van der Waals surface area (Å²) in [6, 6.07) is 11.4. The lowest BCUT2D eigenvalue weighted by molar-refractivity contribution is 0.0615. The third kappa shape index (κ3) is 3.96. The highest BCUT2D eigenvalue weighted by Crippen LogP contribution is 2.24. The molecule has 0 spiro atoms. The molecule has 0 aliphatic rings. The molecule has 0 atom stereocenters. The van der Waals surface area contributed by atoms with E-state index in [1.807, 2.05) is 12.1 Å². The highest BCUT2D eigenvalue weighted by molar-refractivity contribution is 6.36. The fourth-order valence-corrected chi connectivity index (χ4v) is 2.51. The van der Waals surface area contributed by atoms with Gasteiger partial charge in [-0.25, -0.2) is 10.9 Å². The minimum Gasteiger partial charge on any atom is -0.267 e. The highest BCUT2D eigenvalue weighted by Gasteiger charge is 2.24. The van der Waals surface area contributed by atoms with E-state index in [-0.39, 0.29) is 16.0 Å². The van der Waals surface area contributed by atoms with Crippen molar-refractivity contribution < 1.29 is 9.59 Å². The molecule has 2 aromatic rings. The second kappa shape index (κ2) is 6.93. The summed E-state index contributed by atoms with van der Waals surface area (Å²) in [5.74, 6) is 4.37. The molecule has 6 heteroatoms. The fraction of sp³-hybridized carbons (Fsp3) is 0.222. The largest absolute Gasteiger partial charge is 0.276 e. The maximum Gasteiger partial charge on any atom is 0.276 e. The van der Waals surface area contributed by atoms with Crippen molar-refractivity contribution in [3.63, 3.8) is 0 Å². The van der Waals surface area contributed by atoms with Gasteiger partial charge in [-0.15, -0.1) is 0 Å². The highest BCUT2D eigenvalue weighted by atomic mass is 35.5. The molecule has 0 aliphatic carbocycles. The number of amides is 2. The molecule has 4 nitrogen and oxygen atoms in total. The number of carbonyl (C=O) groups is 2. The first-order valence-corrected chi connectivity index (χ1v) is 8.06. The van der Waals surface area contributed by atoms with Crippen LogP contribution in [0.5, 0.6) is 0 Å². The Balaban J connectivity index is 2.26. The molecule has 0 saturated heterocycles. The van der Waals surface area contributed by atoms with Crippen molar-refractivity contribution in [3.05, 3.63) is 69.2 Å². The molecule has 0 aromatic heterocycles. The molecule has 126 valence electrons. The van der Waals surface area contributed by atoms with Crippen molar-refractivity contribution in [2.45, 2.75) is 26.2 Å². The number of hydrogen-bond donors (Lipinski definition) is 1. The van der Waals surface area contributed by atoms with Crippen LogP contribution in [0, 0.1) is 0 Å².